The number of para-hydroxylation sites is 1. The predicted octanol–water partition coefficient (Wildman–Crippen LogP) is 3.53. The minimum absolute atomic E-state index is 0.0218. The summed E-state index contributed by atoms with van der Waals surface area (Å²) in [7, 11) is -3.95. The Bertz CT molecular complexity index is 1000. The highest BCUT2D eigenvalue weighted by atomic mass is 32.2. The number of hydrogen-bond donors (Lipinski definition) is 1. The third kappa shape index (κ3) is 6.42. The van der Waals surface area contributed by atoms with Crippen molar-refractivity contribution in [3.63, 3.8) is 0 Å². The standard InChI is InChI=1S/C23H28N2O5S/c1-4-15-25(20-12-8-7-9-13-20)31(28,29)21-14-10-11-18(16-21)23(27)30-17-22(26)24-19(5-2)6-3/h4,7-14,16,19H,1,5-6,15,17H2,2-3H3,(H,24,26). The monoisotopic (exact) mass is 444 g/mol. The van der Waals surface area contributed by atoms with E-state index in [1.54, 1.807) is 30.3 Å². The second-order valence-corrected chi connectivity index (χ2v) is 8.71. The number of nitrogens with zero attached hydrogens (tertiary/aromatic N) is 1. The molecule has 0 saturated carbocycles. The maximum atomic E-state index is 13.2. The molecule has 0 spiro atoms. The van der Waals surface area contributed by atoms with Gasteiger partial charge in [0.25, 0.3) is 15.9 Å². The van der Waals surface area contributed by atoms with Crippen molar-refractivity contribution in [3.05, 3.63) is 72.8 Å². The minimum atomic E-state index is -3.95. The fraction of sp³-hybridized carbons (Fsp3) is 0.304. The van der Waals surface area contributed by atoms with Crippen LogP contribution < -0.4 is 9.62 Å². The van der Waals surface area contributed by atoms with Crippen molar-refractivity contribution in [2.24, 2.45) is 0 Å². The van der Waals surface area contributed by atoms with Crippen molar-refractivity contribution in [1.29, 1.82) is 0 Å². The Morgan fingerprint density at radius 3 is 2.39 bits per heavy atom. The van der Waals surface area contributed by atoms with Crippen LogP contribution in [0.3, 0.4) is 0 Å². The molecule has 1 amide bonds. The van der Waals surface area contributed by atoms with E-state index in [1.165, 1.54) is 34.6 Å². The van der Waals surface area contributed by atoms with Crippen LogP contribution >= 0.6 is 0 Å². The lowest BCUT2D eigenvalue weighted by Crippen LogP contribution is -2.36. The summed E-state index contributed by atoms with van der Waals surface area (Å²) in [5.74, 6) is -1.17. The van der Waals surface area contributed by atoms with Crippen LogP contribution in [0, 0.1) is 0 Å². The lowest BCUT2D eigenvalue weighted by molar-refractivity contribution is -0.125. The maximum absolute atomic E-state index is 13.2. The normalized spacial score (nSPS) is 11.1. The van der Waals surface area contributed by atoms with Crippen LogP contribution in [0.5, 0.6) is 0 Å². The Labute approximate surface area is 183 Å². The van der Waals surface area contributed by atoms with Gasteiger partial charge < -0.3 is 10.1 Å². The molecule has 0 radical (unpaired) electrons. The first kappa shape index (κ1) is 24.1. The van der Waals surface area contributed by atoms with Crippen LogP contribution in [0.1, 0.15) is 37.0 Å². The Hall–Kier alpha value is -3.13. The Morgan fingerprint density at radius 1 is 1.10 bits per heavy atom. The summed E-state index contributed by atoms with van der Waals surface area (Å²) < 4.78 is 32.7. The van der Waals surface area contributed by atoms with Crippen LogP contribution in [-0.2, 0) is 19.6 Å². The highest BCUT2D eigenvalue weighted by Crippen LogP contribution is 2.24. The van der Waals surface area contributed by atoms with Crippen LogP contribution in [0.25, 0.3) is 0 Å². The summed E-state index contributed by atoms with van der Waals surface area (Å²) in [5.41, 5.74) is 0.525. The fourth-order valence-corrected chi connectivity index (χ4v) is 4.42. The molecule has 1 N–H and O–H groups in total. The molecule has 0 aliphatic carbocycles. The lowest BCUT2D eigenvalue weighted by Gasteiger charge is -2.23. The van der Waals surface area contributed by atoms with Crippen molar-refractivity contribution < 1.29 is 22.7 Å². The summed E-state index contributed by atoms with van der Waals surface area (Å²) in [6, 6.07) is 14.2. The number of amides is 1. The highest BCUT2D eigenvalue weighted by molar-refractivity contribution is 7.92. The number of esters is 1. The topological polar surface area (TPSA) is 92.8 Å². The van der Waals surface area contributed by atoms with Gasteiger partial charge in [0, 0.05) is 6.04 Å². The van der Waals surface area contributed by atoms with Gasteiger partial charge in [0.2, 0.25) is 0 Å². The quantitative estimate of drug-likeness (QED) is 0.423. The molecule has 0 aliphatic rings. The first-order chi connectivity index (χ1) is 14.8. The molecule has 0 saturated heterocycles. The number of benzene rings is 2. The van der Waals surface area contributed by atoms with E-state index in [4.69, 9.17) is 4.74 Å². The number of sulfonamides is 1. The first-order valence-electron chi connectivity index (χ1n) is 10.1. The predicted molar refractivity (Wildman–Crippen MR) is 120 cm³/mol. The van der Waals surface area contributed by atoms with Gasteiger partial charge in [-0.2, -0.15) is 0 Å². The summed E-state index contributed by atoms with van der Waals surface area (Å²) in [4.78, 5) is 24.3. The van der Waals surface area contributed by atoms with Gasteiger partial charge in [-0.1, -0.05) is 44.2 Å². The van der Waals surface area contributed by atoms with E-state index in [1.807, 2.05) is 13.8 Å². The number of anilines is 1. The van der Waals surface area contributed by atoms with E-state index in [2.05, 4.69) is 11.9 Å². The van der Waals surface area contributed by atoms with E-state index >= 15 is 0 Å². The molecule has 31 heavy (non-hydrogen) atoms. The molecule has 0 bridgehead atoms. The van der Waals surface area contributed by atoms with E-state index in [9.17, 15) is 18.0 Å². The molecule has 166 valence electrons. The zero-order valence-corrected chi connectivity index (χ0v) is 18.6. The number of carbonyl (C=O) groups is 2. The lowest BCUT2D eigenvalue weighted by atomic mass is 10.2. The van der Waals surface area contributed by atoms with Gasteiger partial charge >= 0.3 is 5.97 Å². The number of carbonyl (C=O) groups excluding carboxylic acids is 2. The SMILES string of the molecule is C=CCN(c1ccccc1)S(=O)(=O)c1cccc(C(=O)OCC(=O)NC(CC)CC)c1. The van der Waals surface area contributed by atoms with E-state index in [0.717, 1.165) is 12.8 Å². The Kier molecular flexibility index (Phi) is 8.81. The largest absolute Gasteiger partial charge is 0.452 e. The molecule has 7 nitrogen and oxygen atoms in total. The van der Waals surface area contributed by atoms with Crippen LogP contribution in [0.4, 0.5) is 5.69 Å². The van der Waals surface area contributed by atoms with E-state index in [0.29, 0.717) is 5.69 Å². The smallest absolute Gasteiger partial charge is 0.338 e. The number of ether oxygens (including phenoxy) is 1. The molecule has 0 atom stereocenters. The average molecular weight is 445 g/mol. The average Bonchev–Trinajstić information content (AvgIpc) is 2.79. The summed E-state index contributed by atoms with van der Waals surface area (Å²) in [6.45, 7) is 7.18. The molecule has 0 fully saturated rings. The zero-order valence-electron chi connectivity index (χ0n) is 17.8. The molecule has 2 aromatic rings. The minimum Gasteiger partial charge on any atom is -0.452 e. The van der Waals surface area contributed by atoms with Crippen molar-refractivity contribution >= 4 is 27.6 Å². The summed E-state index contributed by atoms with van der Waals surface area (Å²) >= 11 is 0. The summed E-state index contributed by atoms with van der Waals surface area (Å²) in [6.07, 6.45) is 3.04. The van der Waals surface area contributed by atoms with Gasteiger partial charge in [-0.15, -0.1) is 6.58 Å². The Balaban J connectivity index is 2.18. The second kappa shape index (κ2) is 11.3. The van der Waals surface area contributed by atoms with Crippen LogP contribution in [-0.4, -0.2) is 39.5 Å². The third-order valence-electron chi connectivity index (χ3n) is 4.68. The van der Waals surface area contributed by atoms with Crippen LogP contribution in [0.15, 0.2) is 72.1 Å². The number of hydrogen-bond acceptors (Lipinski definition) is 5. The molecule has 2 rings (SSSR count). The van der Waals surface area contributed by atoms with E-state index in [-0.39, 0.29) is 23.0 Å². The maximum Gasteiger partial charge on any atom is 0.338 e. The number of nitrogens with one attached hydrogen (secondary N) is 1. The number of rotatable bonds is 11. The fourth-order valence-electron chi connectivity index (χ4n) is 2.94. The van der Waals surface area contributed by atoms with Gasteiger partial charge in [-0.3, -0.25) is 9.10 Å². The summed E-state index contributed by atoms with van der Waals surface area (Å²) in [5, 5.41) is 2.78. The molecular weight excluding hydrogens is 416 g/mol. The first-order valence-corrected chi connectivity index (χ1v) is 11.5. The van der Waals surface area contributed by atoms with E-state index < -0.39 is 28.5 Å². The van der Waals surface area contributed by atoms with Crippen molar-refractivity contribution in [3.8, 4) is 0 Å². The molecule has 8 heteroatoms. The van der Waals surface area contributed by atoms with Gasteiger partial charge in [-0.25, -0.2) is 13.2 Å². The van der Waals surface area contributed by atoms with Gasteiger partial charge in [0.15, 0.2) is 6.61 Å². The molecule has 2 aromatic carbocycles. The molecule has 0 unspecified atom stereocenters. The van der Waals surface area contributed by atoms with Crippen LogP contribution in [0.2, 0.25) is 0 Å². The van der Waals surface area contributed by atoms with Gasteiger partial charge in [-0.05, 0) is 43.2 Å². The second-order valence-electron chi connectivity index (χ2n) is 6.85. The molecular formula is C23H28N2O5S. The molecule has 0 heterocycles. The zero-order chi connectivity index (χ0) is 22.9. The van der Waals surface area contributed by atoms with Gasteiger partial charge in [0.1, 0.15) is 0 Å². The molecule has 0 aromatic heterocycles. The molecule has 0 aliphatic heterocycles. The Morgan fingerprint density at radius 2 is 1.77 bits per heavy atom. The third-order valence-corrected chi connectivity index (χ3v) is 6.47. The van der Waals surface area contributed by atoms with Crippen molar-refractivity contribution in [2.75, 3.05) is 17.5 Å². The highest BCUT2D eigenvalue weighted by Gasteiger charge is 2.25. The van der Waals surface area contributed by atoms with Crippen molar-refractivity contribution in [2.45, 2.75) is 37.6 Å². The van der Waals surface area contributed by atoms with Gasteiger partial charge in [0.05, 0.1) is 22.7 Å². The van der Waals surface area contributed by atoms with Crippen molar-refractivity contribution in [1.82, 2.24) is 5.32 Å².